The van der Waals surface area contributed by atoms with Crippen molar-refractivity contribution in [2.75, 3.05) is 6.54 Å². The van der Waals surface area contributed by atoms with Gasteiger partial charge in [-0.15, -0.1) is 12.4 Å². The van der Waals surface area contributed by atoms with Crippen LogP contribution < -0.4 is 11.5 Å². The van der Waals surface area contributed by atoms with E-state index >= 15 is 0 Å². The molecular weight excluding hydrogens is 272 g/mol. The summed E-state index contributed by atoms with van der Waals surface area (Å²) in [6.45, 7) is 0.418. The van der Waals surface area contributed by atoms with Gasteiger partial charge in [0.1, 0.15) is 5.82 Å². The van der Waals surface area contributed by atoms with Gasteiger partial charge in [0.25, 0.3) is 0 Å². The summed E-state index contributed by atoms with van der Waals surface area (Å²) < 4.78 is 50.3. The molecule has 0 aliphatic carbocycles. The second kappa shape index (κ2) is 6.92. The van der Waals surface area contributed by atoms with Crippen LogP contribution >= 0.6 is 12.4 Å². The SMILES string of the molecule is Cl.NCCC[C@@H](N)c1ccc(F)c(C(F)(F)F)c1. The monoisotopic (exact) mass is 286 g/mol. The van der Waals surface area contributed by atoms with Crippen molar-refractivity contribution in [2.45, 2.75) is 25.1 Å². The molecule has 1 rings (SSSR count). The first-order chi connectivity index (χ1) is 7.86. The fourth-order valence-electron chi connectivity index (χ4n) is 1.50. The molecule has 0 bridgehead atoms. The van der Waals surface area contributed by atoms with Crippen molar-refractivity contribution in [3.8, 4) is 0 Å². The normalized spacial score (nSPS) is 13.0. The summed E-state index contributed by atoms with van der Waals surface area (Å²) in [5.41, 5.74) is 9.97. The molecule has 0 saturated heterocycles. The summed E-state index contributed by atoms with van der Waals surface area (Å²) in [5, 5.41) is 0. The number of halogens is 5. The zero-order valence-electron chi connectivity index (χ0n) is 9.51. The Bertz CT molecular complexity index is 382. The number of alkyl halides is 3. The molecule has 18 heavy (non-hydrogen) atoms. The second-order valence-electron chi connectivity index (χ2n) is 3.77. The van der Waals surface area contributed by atoms with Crippen LogP contribution in [0.15, 0.2) is 18.2 Å². The van der Waals surface area contributed by atoms with E-state index in [1.807, 2.05) is 0 Å². The van der Waals surface area contributed by atoms with Gasteiger partial charge in [-0.25, -0.2) is 4.39 Å². The Morgan fingerprint density at radius 1 is 1.22 bits per heavy atom. The smallest absolute Gasteiger partial charge is 0.330 e. The molecule has 1 aromatic carbocycles. The summed E-state index contributed by atoms with van der Waals surface area (Å²) in [6, 6.07) is 2.27. The van der Waals surface area contributed by atoms with Crippen molar-refractivity contribution >= 4 is 12.4 Å². The summed E-state index contributed by atoms with van der Waals surface area (Å²) in [7, 11) is 0. The van der Waals surface area contributed by atoms with Crippen molar-refractivity contribution in [1.82, 2.24) is 0 Å². The van der Waals surface area contributed by atoms with Crippen LogP contribution in [0, 0.1) is 5.82 Å². The Hall–Kier alpha value is -0.850. The fraction of sp³-hybridized carbons (Fsp3) is 0.455. The zero-order chi connectivity index (χ0) is 13.1. The first kappa shape index (κ1) is 17.2. The molecule has 0 unspecified atom stereocenters. The molecule has 0 amide bonds. The van der Waals surface area contributed by atoms with Gasteiger partial charge >= 0.3 is 6.18 Å². The van der Waals surface area contributed by atoms with Crippen LogP contribution in [0.1, 0.15) is 30.0 Å². The summed E-state index contributed by atoms with van der Waals surface area (Å²) >= 11 is 0. The highest BCUT2D eigenvalue weighted by molar-refractivity contribution is 5.85. The van der Waals surface area contributed by atoms with Crippen LogP contribution in [-0.4, -0.2) is 6.54 Å². The van der Waals surface area contributed by atoms with Crippen molar-refractivity contribution < 1.29 is 17.6 Å². The standard InChI is InChI=1S/C11H14F4N2.ClH/c12-9-4-3-7(10(17)2-1-5-16)6-8(9)11(13,14)15;/h3-4,6,10H,1-2,5,16-17H2;1H/t10-;/m1./s1. The maximum Gasteiger partial charge on any atom is 0.419 e. The van der Waals surface area contributed by atoms with Crippen LogP contribution in [0.25, 0.3) is 0 Å². The number of rotatable bonds is 4. The van der Waals surface area contributed by atoms with E-state index in [9.17, 15) is 17.6 Å². The lowest BCUT2D eigenvalue weighted by Gasteiger charge is -2.14. The minimum Gasteiger partial charge on any atom is -0.330 e. The number of hydrogen-bond acceptors (Lipinski definition) is 2. The van der Waals surface area contributed by atoms with Gasteiger partial charge in [0, 0.05) is 6.04 Å². The lowest BCUT2D eigenvalue weighted by molar-refractivity contribution is -0.140. The average Bonchev–Trinajstić information content (AvgIpc) is 2.25. The van der Waals surface area contributed by atoms with Crippen LogP contribution in [-0.2, 0) is 6.18 Å². The quantitative estimate of drug-likeness (QED) is 0.836. The highest BCUT2D eigenvalue weighted by atomic mass is 35.5. The third-order valence-corrected chi connectivity index (χ3v) is 2.44. The van der Waals surface area contributed by atoms with E-state index in [-0.39, 0.29) is 18.0 Å². The number of benzene rings is 1. The predicted molar refractivity (Wildman–Crippen MR) is 63.9 cm³/mol. The van der Waals surface area contributed by atoms with E-state index in [1.165, 1.54) is 6.07 Å². The topological polar surface area (TPSA) is 52.0 Å². The minimum atomic E-state index is -4.70. The third kappa shape index (κ3) is 4.44. The van der Waals surface area contributed by atoms with Crippen LogP contribution in [0.4, 0.5) is 17.6 Å². The Labute approximate surface area is 109 Å². The second-order valence-corrected chi connectivity index (χ2v) is 3.77. The van der Waals surface area contributed by atoms with Gasteiger partial charge < -0.3 is 11.5 Å². The van der Waals surface area contributed by atoms with Gasteiger partial charge in [-0.05, 0) is 37.1 Å². The van der Waals surface area contributed by atoms with E-state index in [0.717, 1.165) is 12.1 Å². The van der Waals surface area contributed by atoms with E-state index in [1.54, 1.807) is 0 Å². The van der Waals surface area contributed by atoms with Crippen molar-refractivity contribution in [3.63, 3.8) is 0 Å². The maximum atomic E-state index is 13.0. The lowest BCUT2D eigenvalue weighted by Crippen LogP contribution is -2.15. The number of nitrogens with two attached hydrogens (primary N) is 2. The van der Waals surface area contributed by atoms with E-state index in [2.05, 4.69) is 0 Å². The van der Waals surface area contributed by atoms with Gasteiger partial charge in [0.15, 0.2) is 0 Å². The predicted octanol–water partition coefficient (Wildman–Crippen LogP) is 3.01. The molecule has 1 aromatic rings. The third-order valence-electron chi connectivity index (χ3n) is 2.44. The first-order valence-electron chi connectivity index (χ1n) is 5.18. The van der Waals surface area contributed by atoms with Gasteiger partial charge in [-0.1, -0.05) is 6.07 Å². The Balaban J connectivity index is 0.00000289. The molecule has 104 valence electrons. The molecule has 0 fully saturated rings. The molecule has 1 atom stereocenters. The summed E-state index contributed by atoms with van der Waals surface area (Å²) in [4.78, 5) is 0. The highest BCUT2D eigenvalue weighted by Crippen LogP contribution is 2.33. The van der Waals surface area contributed by atoms with Crippen molar-refractivity contribution in [3.05, 3.63) is 35.1 Å². The van der Waals surface area contributed by atoms with Gasteiger partial charge in [-0.3, -0.25) is 0 Å². The summed E-state index contributed by atoms with van der Waals surface area (Å²) in [5.74, 6) is -1.28. The largest absolute Gasteiger partial charge is 0.419 e. The van der Waals surface area contributed by atoms with Gasteiger partial charge in [0.05, 0.1) is 5.56 Å². The molecular formula is C11H15ClF4N2. The molecule has 0 aliphatic heterocycles. The molecule has 0 aliphatic rings. The molecule has 2 nitrogen and oxygen atoms in total. The Morgan fingerprint density at radius 2 is 1.83 bits per heavy atom. The van der Waals surface area contributed by atoms with Crippen molar-refractivity contribution in [1.29, 1.82) is 0 Å². The van der Waals surface area contributed by atoms with Gasteiger partial charge in [-0.2, -0.15) is 13.2 Å². The minimum absolute atomic E-state index is 0. The number of hydrogen-bond donors (Lipinski definition) is 2. The first-order valence-corrected chi connectivity index (χ1v) is 5.18. The van der Waals surface area contributed by atoms with E-state index in [4.69, 9.17) is 11.5 Å². The van der Waals surface area contributed by atoms with Crippen LogP contribution in [0.2, 0.25) is 0 Å². The summed E-state index contributed by atoms with van der Waals surface area (Å²) in [6.07, 6.45) is -3.62. The molecule has 0 heterocycles. The molecule has 7 heteroatoms. The van der Waals surface area contributed by atoms with Gasteiger partial charge in [0.2, 0.25) is 0 Å². The van der Waals surface area contributed by atoms with E-state index < -0.39 is 23.6 Å². The Kier molecular flexibility index (Phi) is 6.59. The average molecular weight is 287 g/mol. The van der Waals surface area contributed by atoms with Crippen molar-refractivity contribution in [2.24, 2.45) is 11.5 Å². The molecule has 4 N–H and O–H groups in total. The lowest BCUT2D eigenvalue weighted by atomic mass is 10.00. The molecule has 0 radical (unpaired) electrons. The fourth-order valence-corrected chi connectivity index (χ4v) is 1.50. The highest BCUT2D eigenvalue weighted by Gasteiger charge is 2.34. The maximum absolute atomic E-state index is 13.0. The zero-order valence-corrected chi connectivity index (χ0v) is 10.3. The van der Waals surface area contributed by atoms with E-state index in [0.29, 0.717) is 19.4 Å². The molecule has 0 saturated carbocycles. The Morgan fingerprint density at radius 3 is 2.33 bits per heavy atom. The molecule has 0 aromatic heterocycles. The van der Waals surface area contributed by atoms with Crippen LogP contribution in [0.3, 0.4) is 0 Å². The van der Waals surface area contributed by atoms with Crippen LogP contribution in [0.5, 0.6) is 0 Å². The molecule has 0 spiro atoms.